The Morgan fingerprint density at radius 2 is 2.43 bits per heavy atom. The monoisotopic (exact) mass is 206 g/mol. The molecule has 1 fully saturated rings. The normalized spacial score (nSPS) is 15.7. The van der Waals surface area contributed by atoms with Crippen molar-refractivity contribution in [2.24, 2.45) is 0 Å². The fourth-order valence-corrected chi connectivity index (χ4v) is 2.08. The van der Waals surface area contributed by atoms with Crippen LogP contribution in [0.5, 0.6) is 0 Å². The third kappa shape index (κ3) is 1.53. The lowest BCUT2D eigenvalue weighted by atomic mass is 10.3. The maximum Gasteiger partial charge on any atom is 0.183 e. The SMILES string of the molecule is c1cc(-c2csc(NC3CC3)n2)co1. The van der Waals surface area contributed by atoms with Crippen molar-refractivity contribution in [2.75, 3.05) is 5.32 Å². The summed E-state index contributed by atoms with van der Waals surface area (Å²) in [4.78, 5) is 4.48. The molecule has 0 unspecified atom stereocenters. The molecule has 0 bridgehead atoms. The van der Waals surface area contributed by atoms with Crippen molar-refractivity contribution in [2.45, 2.75) is 18.9 Å². The average molecular weight is 206 g/mol. The summed E-state index contributed by atoms with van der Waals surface area (Å²) in [7, 11) is 0. The number of thiazole rings is 1. The Morgan fingerprint density at radius 3 is 3.14 bits per heavy atom. The second-order valence-electron chi connectivity index (χ2n) is 3.47. The summed E-state index contributed by atoms with van der Waals surface area (Å²) in [6.45, 7) is 0. The van der Waals surface area contributed by atoms with Crippen LogP contribution in [-0.4, -0.2) is 11.0 Å². The predicted octanol–water partition coefficient (Wildman–Crippen LogP) is 2.98. The maximum absolute atomic E-state index is 5.02. The third-order valence-corrected chi connectivity index (χ3v) is 3.00. The lowest BCUT2D eigenvalue weighted by molar-refractivity contribution is 0.568. The molecule has 14 heavy (non-hydrogen) atoms. The van der Waals surface area contributed by atoms with Crippen molar-refractivity contribution in [3.05, 3.63) is 24.0 Å². The molecular formula is C10H10N2OS. The third-order valence-electron chi connectivity index (χ3n) is 2.23. The second kappa shape index (κ2) is 3.13. The first-order chi connectivity index (χ1) is 6.92. The Kier molecular flexibility index (Phi) is 1.80. The van der Waals surface area contributed by atoms with E-state index in [1.54, 1.807) is 23.9 Å². The Hall–Kier alpha value is -1.29. The topological polar surface area (TPSA) is 38.1 Å². The summed E-state index contributed by atoms with van der Waals surface area (Å²) in [6.07, 6.45) is 5.94. The summed E-state index contributed by atoms with van der Waals surface area (Å²) >= 11 is 1.65. The maximum atomic E-state index is 5.02. The van der Waals surface area contributed by atoms with Gasteiger partial charge in [-0.1, -0.05) is 0 Å². The van der Waals surface area contributed by atoms with Crippen LogP contribution in [0.25, 0.3) is 11.3 Å². The van der Waals surface area contributed by atoms with Gasteiger partial charge in [-0.15, -0.1) is 11.3 Å². The highest BCUT2D eigenvalue weighted by Gasteiger charge is 2.22. The molecule has 0 amide bonds. The number of nitrogens with one attached hydrogen (secondary N) is 1. The van der Waals surface area contributed by atoms with Crippen LogP contribution in [-0.2, 0) is 0 Å². The number of nitrogens with zero attached hydrogens (tertiary/aromatic N) is 1. The first kappa shape index (κ1) is 8.05. The van der Waals surface area contributed by atoms with Gasteiger partial charge in [-0.05, 0) is 18.9 Å². The molecule has 3 nitrogen and oxygen atoms in total. The molecule has 1 aliphatic carbocycles. The standard InChI is InChI=1S/C10H10N2OS/c1-2-8(1)11-10-12-9(6-14-10)7-3-4-13-5-7/h3-6,8H,1-2H2,(H,11,12). The molecule has 1 N–H and O–H groups in total. The molecule has 3 rings (SSSR count). The molecule has 2 aromatic rings. The first-order valence-electron chi connectivity index (χ1n) is 4.66. The number of furan rings is 1. The summed E-state index contributed by atoms with van der Waals surface area (Å²) in [5, 5.41) is 6.44. The van der Waals surface area contributed by atoms with Gasteiger partial charge in [0.25, 0.3) is 0 Å². The number of hydrogen-bond acceptors (Lipinski definition) is 4. The molecule has 1 saturated carbocycles. The fourth-order valence-electron chi connectivity index (χ4n) is 1.29. The highest BCUT2D eigenvalue weighted by molar-refractivity contribution is 7.14. The van der Waals surface area contributed by atoms with Gasteiger partial charge in [0, 0.05) is 17.0 Å². The van der Waals surface area contributed by atoms with Gasteiger partial charge in [0.2, 0.25) is 0 Å². The van der Waals surface area contributed by atoms with E-state index in [-0.39, 0.29) is 0 Å². The van der Waals surface area contributed by atoms with Crippen molar-refractivity contribution in [1.82, 2.24) is 4.98 Å². The van der Waals surface area contributed by atoms with Crippen LogP contribution in [0.2, 0.25) is 0 Å². The quantitative estimate of drug-likeness (QED) is 0.839. The highest BCUT2D eigenvalue weighted by Crippen LogP contribution is 2.29. The number of aromatic nitrogens is 1. The van der Waals surface area contributed by atoms with E-state index in [0.717, 1.165) is 16.4 Å². The lowest BCUT2D eigenvalue weighted by Gasteiger charge is -1.95. The van der Waals surface area contributed by atoms with Gasteiger partial charge < -0.3 is 9.73 Å². The summed E-state index contributed by atoms with van der Waals surface area (Å²) in [6, 6.07) is 2.59. The van der Waals surface area contributed by atoms with Crippen LogP contribution in [0.1, 0.15) is 12.8 Å². The van der Waals surface area contributed by atoms with Gasteiger partial charge in [0.15, 0.2) is 5.13 Å². The zero-order valence-electron chi connectivity index (χ0n) is 7.56. The minimum absolute atomic E-state index is 0.665. The molecule has 2 aromatic heterocycles. The lowest BCUT2D eigenvalue weighted by Crippen LogP contribution is -1.99. The molecule has 0 saturated heterocycles. The zero-order valence-corrected chi connectivity index (χ0v) is 8.38. The molecule has 0 radical (unpaired) electrons. The zero-order chi connectivity index (χ0) is 9.38. The van der Waals surface area contributed by atoms with Gasteiger partial charge in [-0.3, -0.25) is 0 Å². The van der Waals surface area contributed by atoms with Crippen LogP contribution in [0.3, 0.4) is 0 Å². The second-order valence-corrected chi connectivity index (χ2v) is 4.33. The van der Waals surface area contributed by atoms with E-state index < -0.39 is 0 Å². The molecule has 0 atom stereocenters. The van der Waals surface area contributed by atoms with Crippen molar-refractivity contribution < 1.29 is 4.42 Å². The van der Waals surface area contributed by atoms with Crippen molar-refractivity contribution in [1.29, 1.82) is 0 Å². The van der Waals surface area contributed by atoms with E-state index in [1.165, 1.54) is 12.8 Å². The van der Waals surface area contributed by atoms with Gasteiger partial charge in [0.1, 0.15) is 0 Å². The molecule has 2 heterocycles. The number of anilines is 1. The van der Waals surface area contributed by atoms with E-state index in [9.17, 15) is 0 Å². The van der Waals surface area contributed by atoms with Crippen molar-refractivity contribution >= 4 is 16.5 Å². The van der Waals surface area contributed by atoms with Gasteiger partial charge >= 0.3 is 0 Å². The van der Waals surface area contributed by atoms with Crippen LogP contribution < -0.4 is 5.32 Å². The molecule has 72 valence electrons. The molecule has 0 spiro atoms. The van der Waals surface area contributed by atoms with E-state index >= 15 is 0 Å². The minimum Gasteiger partial charge on any atom is -0.472 e. The molecular weight excluding hydrogens is 196 g/mol. The Bertz CT molecular complexity index is 417. The van der Waals surface area contributed by atoms with Crippen LogP contribution >= 0.6 is 11.3 Å². The van der Waals surface area contributed by atoms with Crippen LogP contribution in [0.4, 0.5) is 5.13 Å². The smallest absolute Gasteiger partial charge is 0.183 e. The van der Waals surface area contributed by atoms with Gasteiger partial charge in [-0.25, -0.2) is 4.98 Å². The summed E-state index contributed by atoms with van der Waals surface area (Å²) < 4.78 is 5.02. The molecule has 0 aliphatic heterocycles. The Balaban J connectivity index is 1.82. The van der Waals surface area contributed by atoms with E-state index in [2.05, 4.69) is 15.7 Å². The summed E-state index contributed by atoms with van der Waals surface area (Å²) in [5.74, 6) is 0. The molecule has 4 heteroatoms. The fraction of sp³-hybridized carbons (Fsp3) is 0.300. The van der Waals surface area contributed by atoms with Crippen molar-refractivity contribution in [3.8, 4) is 11.3 Å². The van der Waals surface area contributed by atoms with E-state index in [4.69, 9.17) is 4.42 Å². The van der Waals surface area contributed by atoms with Crippen LogP contribution in [0.15, 0.2) is 28.4 Å². The van der Waals surface area contributed by atoms with Crippen molar-refractivity contribution in [3.63, 3.8) is 0 Å². The Morgan fingerprint density at radius 1 is 1.50 bits per heavy atom. The average Bonchev–Trinajstić information content (AvgIpc) is 2.71. The molecule has 1 aliphatic rings. The summed E-state index contributed by atoms with van der Waals surface area (Å²) in [5.41, 5.74) is 2.04. The van der Waals surface area contributed by atoms with E-state index in [1.807, 2.05) is 6.07 Å². The van der Waals surface area contributed by atoms with Crippen LogP contribution in [0, 0.1) is 0 Å². The van der Waals surface area contributed by atoms with Gasteiger partial charge in [-0.2, -0.15) is 0 Å². The minimum atomic E-state index is 0.665. The van der Waals surface area contributed by atoms with Gasteiger partial charge in [0.05, 0.1) is 18.2 Å². The number of rotatable bonds is 3. The predicted molar refractivity (Wildman–Crippen MR) is 56.5 cm³/mol. The largest absolute Gasteiger partial charge is 0.472 e. The Labute approximate surface area is 85.8 Å². The molecule has 0 aromatic carbocycles. The van der Waals surface area contributed by atoms with E-state index in [0.29, 0.717) is 6.04 Å². The highest BCUT2D eigenvalue weighted by atomic mass is 32.1. The number of hydrogen-bond donors (Lipinski definition) is 1. The first-order valence-corrected chi connectivity index (χ1v) is 5.54.